The van der Waals surface area contributed by atoms with Crippen molar-refractivity contribution in [2.75, 3.05) is 0 Å². The Kier molecular flexibility index (Phi) is 4.93. The number of thiophene rings is 1. The van der Waals surface area contributed by atoms with Crippen LogP contribution in [0.1, 0.15) is 11.6 Å². The smallest absolute Gasteiger partial charge is 0.186 e. The van der Waals surface area contributed by atoms with Gasteiger partial charge in [0, 0.05) is 17.0 Å². The minimum absolute atomic E-state index is 0.0647. The second kappa shape index (κ2) is 7.53. The van der Waals surface area contributed by atoms with Gasteiger partial charge in [-0.1, -0.05) is 11.6 Å². The van der Waals surface area contributed by atoms with Crippen molar-refractivity contribution in [3.63, 3.8) is 0 Å². The first-order valence-electron chi connectivity index (χ1n) is 8.11. The molecule has 142 valence electrons. The van der Waals surface area contributed by atoms with E-state index >= 15 is 0 Å². The van der Waals surface area contributed by atoms with Crippen LogP contribution in [-0.2, 0) is 6.54 Å². The third-order valence-electron chi connectivity index (χ3n) is 3.98. The quantitative estimate of drug-likeness (QED) is 0.344. The van der Waals surface area contributed by atoms with E-state index in [0.717, 1.165) is 17.3 Å². The standard InChI is InChI=1S/C18H13ClF2N6S/c19-14(22)5-12(18-24-6-13(26-18)9-3-4-28-8-9)23-7-15-25-11-2-1-10(20)16(21)17(11)27-15/h1-6,8,22-23H,7H2,(H,24,26)(H,25,27)/b12-5+,22-14?. The molecule has 0 saturated heterocycles. The average Bonchev–Trinajstić information content (AvgIpc) is 3.41. The highest BCUT2D eigenvalue weighted by Gasteiger charge is 2.13. The third kappa shape index (κ3) is 3.67. The van der Waals surface area contributed by atoms with Crippen molar-refractivity contribution in [2.24, 2.45) is 0 Å². The zero-order valence-electron chi connectivity index (χ0n) is 14.2. The molecule has 0 amide bonds. The molecule has 4 rings (SSSR count). The molecule has 0 fully saturated rings. The zero-order chi connectivity index (χ0) is 19.7. The summed E-state index contributed by atoms with van der Waals surface area (Å²) in [6, 6.07) is 4.43. The van der Waals surface area contributed by atoms with Gasteiger partial charge in [-0.3, -0.25) is 5.41 Å². The van der Waals surface area contributed by atoms with Gasteiger partial charge in [-0.05, 0) is 23.6 Å². The fourth-order valence-corrected chi connectivity index (χ4v) is 3.45. The van der Waals surface area contributed by atoms with Crippen molar-refractivity contribution in [2.45, 2.75) is 6.54 Å². The molecule has 0 saturated carbocycles. The number of H-pyrrole nitrogens is 2. The molecule has 0 aliphatic heterocycles. The van der Waals surface area contributed by atoms with Crippen LogP contribution in [0.5, 0.6) is 0 Å². The summed E-state index contributed by atoms with van der Waals surface area (Å²) in [6.45, 7) is 0.167. The molecule has 3 heterocycles. The number of aromatic amines is 2. The number of halogens is 3. The average molecular weight is 419 g/mol. The highest BCUT2D eigenvalue weighted by molar-refractivity contribution is 7.08. The number of hydrogen-bond acceptors (Lipinski definition) is 5. The number of aromatic nitrogens is 4. The monoisotopic (exact) mass is 418 g/mol. The Balaban J connectivity index is 1.58. The number of nitrogens with one attached hydrogen (secondary N) is 4. The van der Waals surface area contributed by atoms with E-state index in [1.54, 1.807) is 17.5 Å². The van der Waals surface area contributed by atoms with E-state index in [1.165, 1.54) is 12.1 Å². The van der Waals surface area contributed by atoms with Crippen molar-refractivity contribution in [3.8, 4) is 11.3 Å². The second-order valence-corrected chi connectivity index (χ2v) is 7.05. The van der Waals surface area contributed by atoms with Crippen LogP contribution in [0.15, 0.2) is 41.2 Å². The highest BCUT2D eigenvalue weighted by Crippen LogP contribution is 2.22. The van der Waals surface area contributed by atoms with Crippen LogP contribution in [-0.4, -0.2) is 25.1 Å². The molecule has 3 aromatic heterocycles. The lowest BCUT2D eigenvalue weighted by molar-refractivity contribution is 0.515. The van der Waals surface area contributed by atoms with Crippen LogP contribution in [0.2, 0.25) is 0 Å². The number of imidazole rings is 2. The maximum atomic E-state index is 13.8. The van der Waals surface area contributed by atoms with Crippen LogP contribution < -0.4 is 5.32 Å². The molecule has 0 spiro atoms. The van der Waals surface area contributed by atoms with Gasteiger partial charge in [-0.2, -0.15) is 11.3 Å². The lowest BCUT2D eigenvalue weighted by Gasteiger charge is -2.07. The number of nitrogens with zero attached hydrogens (tertiary/aromatic N) is 2. The number of allylic oxidation sites excluding steroid dienone is 1. The normalized spacial score (nSPS) is 11.9. The molecule has 0 unspecified atom stereocenters. The molecule has 0 aliphatic carbocycles. The summed E-state index contributed by atoms with van der Waals surface area (Å²) in [5.41, 5.74) is 2.62. The molecule has 1 aromatic carbocycles. The van der Waals surface area contributed by atoms with Crippen molar-refractivity contribution in [3.05, 3.63) is 64.5 Å². The van der Waals surface area contributed by atoms with E-state index < -0.39 is 11.6 Å². The number of fused-ring (bicyclic) bond motifs is 1. The van der Waals surface area contributed by atoms with Crippen LogP contribution in [0.25, 0.3) is 28.0 Å². The highest BCUT2D eigenvalue weighted by atomic mass is 35.5. The molecular formula is C18H13ClF2N6S. The summed E-state index contributed by atoms with van der Waals surface area (Å²) in [4.78, 5) is 14.5. The predicted molar refractivity (Wildman–Crippen MR) is 106 cm³/mol. The third-order valence-corrected chi connectivity index (χ3v) is 4.77. The molecule has 0 bridgehead atoms. The molecule has 4 aromatic rings. The minimum atomic E-state index is -0.996. The Labute approximate surface area is 166 Å². The minimum Gasteiger partial charge on any atom is -0.375 e. The van der Waals surface area contributed by atoms with Crippen molar-refractivity contribution >= 4 is 44.8 Å². The van der Waals surface area contributed by atoms with Gasteiger partial charge in [-0.25, -0.2) is 18.7 Å². The largest absolute Gasteiger partial charge is 0.375 e. The number of benzene rings is 1. The van der Waals surface area contributed by atoms with E-state index in [1.807, 2.05) is 16.8 Å². The summed E-state index contributed by atoms with van der Waals surface area (Å²) < 4.78 is 27.2. The fraction of sp³-hybridized carbons (Fsp3) is 0.0556. The molecule has 0 atom stereocenters. The Morgan fingerprint density at radius 2 is 2.14 bits per heavy atom. The molecule has 28 heavy (non-hydrogen) atoms. The Morgan fingerprint density at radius 1 is 1.29 bits per heavy atom. The van der Waals surface area contributed by atoms with Gasteiger partial charge in [0.05, 0.1) is 29.6 Å². The summed E-state index contributed by atoms with van der Waals surface area (Å²) in [7, 11) is 0. The van der Waals surface area contributed by atoms with Crippen molar-refractivity contribution in [1.29, 1.82) is 5.41 Å². The first-order chi connectivity index (χ1) is 13.5. The summed E-state index contributed by atoms with van der Waals surface area (Å²) in [5.74, 6) is -1.06. The Hall–Kier alpha value is -3.04. The lowest BCUT2D eigenvalue weighted by atomic mass is 10.3. The van der Waals surface area contributed by atoms with Gasteiger partial charge < -0.3 is 15.3 Å². The van der Waals surface area contributed by atoms with Gasteiger partial charge in [-0.15, -0.1) is 0 Å². The maximum Gasteiger partial charge on any atom is 0.186 e. The molecule has 4 N–H and O–H groups in total. The molecular weight excluding hydrogens is 406 g/mol. The van der Waals surface area contributed by atoms with Crippen LogP contribution in [0, 0.1) is 17.0 Å². The summed E-state index contributed by atoms with van der Waals surface area (Å²) in [6.07, 6.45) is 3.09. The maximum absolute atomic E-state index is 13.8. The molecule has 10 heteroatoms. The van der Waals surface area contributed by atoms with Crippen molar-refractivity contribution < 1.29 is 8.78 Å². The van der Waals surface area contributed by atoms with Crippen LogP contribution in [0.4, 0.5) is 8.78 Å². The van der Waals surface area contributed by atoms with Gasteiger partial charge >= 0.3 is 0 Å². The van der Waals surface area contributed by atoms with Gasteiger partial charge in [0.25, 0.3) is 0 Å². The Morgan fingerprint density at radius 3 is 2.89 bits per heavy atom. The SMILES string of the molecule is N=C(Cl)/C=C(/NCc1nc2c(F)c(F)ccc2[nH]1)c1ncc(-c2ccsc2)[nH]1. The first kappa shape index (κ1) is 18.3. The van der Waals surface area contributed by atoms with Gasteiger partial charge in [0.1, 0.15) is 16.5 Å². The topological polar surface area (TPSA) is 93.2 Å². The van der Waals surface area contributed by atoms with E-state index in [9.17, 15) is 8.78 Å². The van der Waals surface area contributed by atoms with Crippen molar-refractivity contribution in [1.82, 2.24) is 25.3 Å². The second-order valence-electron chi connectivity index (χ2n) is 5.86. The molecule has 0 radical (unpaired) electrons. The first-order valence-corrected chi connectivity index (χ1v) is 9.43. The number of rotatable bonds is 6. The van der Waals surface area contributed by atoms with Gasteiger partial charge in [0.15, 0.2) is 17.5 Å². The lowest BCUT2D eigenvalue weighted by Crippen LogP contribution is -2.14. The van der Waals surface area contributed by atoms with Gasteiger partial charge in [0.2, 0.25) is 0 Å². The van der Waals surface area contributed by atoms with Crippen LogP contribution >= 0.6 is 22.9 Å². The molecule has 0 aliphatic rings. The Bertz CT molecular complexity index is 1180. The zero-order valence-corrected chi connectivity index (χ0v) is 15.8. The molecule has 6 nitrogen and oxygen atoms in total. The van der Waals surface area contributed by atoms with E-state index in [0.29, 0.717) is 22.9 Å². The fourth-order valence-electron chi connectivity index (χ4n) is 2.68. The predicted octanol–water partition coefficient (Wildman–Crippen LogP) is 4.64. The van der Waals surface area contributed by atoms with Crippen LogP contribution in [0.3, 0.4) is 0 Å². The number of hydrogen-bond donors (Lipinski definition) is 4. The van der Waals surface area contributed by atoms with E-state index in [4.69, 9.17) is 17.0 Å². The van der Waals surface area contributed by atoms with E-state index in [-0.39, 0.29) is 17.2 Å². The summed E-state index contributed by atoms with van der Waals surface area (Å²) in [5, 5.41) is 14.4. The summed E-state index contributed by atoms with van der Waals surface area (Å²) >= 11 is 7.30. The van der Waals surface area contributed by atoms with E-state index in [2.05, 4.69) is 25.3 Å².